The number of pyridine rings is 1. The molecule has 0 bridgehead atoms. The average molecular weight is 257 g/mol. The van der Waals surface area contributed by atoms with Gasteiger partial charge < -0.3 is 0 Å². The van der Waals surface area contributed by atoms with Gasteiger partial charge in [-0.1, -0.05) is 38.5 Å². The van der Waals surface area contributed by atoms with Crippen LogP contribution < -0.4 is 11.3 Å². The van der Waals surface area contributed by atoms with Crippen molar-refractivity contribution in [3.8, 4) is 0 Å². The Bertz CT molecular complexity index is 519. The van der Waals surface area contributed by atoms with Gasteiger partial charge in [-0.05, 0) is 36.5 Å². The summed E-state index contributed by atoms with van der Waals surface area (Å²) in [6.45, 7) is 4.48. The van der Waals surface area contributed by atoms with Gasteiger partial charge in [0.1, 0.15) is 0 Å². The first kappa shape index (κ1) is 14.0. The van der Waals surface area contributed by atoms with Crippen LogP contribution in [0.5, 0.6) is 0 Å². The number of para-hydroxylation sites is 1. The van der Waals surface area contributed by atoms with Gasteiger partial charge in [-0.3, -0.25) is 16.3 Å². The van der Waals surface area contributed by atoms with Gasteiger partial charge in [-0.15, -0.1) is 0 Å². The summed E-state index contributed by atoms with van der Waals surface area (Å²) in [5.41, 5.74) is 5.35. The van der Waals surface area contributed by atoms with Crippen LogP contribution in [0.4, 0.5) is 0 Å². The van der Waals surface area contributed by atoms with Crippen LogP contribution in [0.3, 0.4) is 0 Å². The fraction of sp³-hybridized carbons (Fsp3) is 0.438. The van der Waals surface area contributed by atoms with Gasteiger partial charge in [0, 0.05) is 17.6 Å². The molecule has 0 saturated carbocycles. The second-order valence-corrected chi connectivity index (χ2v) is 5.23. The van der Waals surface area contributed by atoms with E-state index in [4.69, 9.17) is 5.84 Å². The van der Waals surface area contributed by atoms with E-state index < -0.39 is 0 Å². The summed E-state index contributed by atoms with van der Waals surface area (Å²) in [6, 6.07) is 10.7. The minimum atomic E-state index is 0.311. The number of hydrogen-bond acceptors (Lipinski definition) is 3. The number of nitrogens with one attached hydrogen (secondary N) is 1. The van der Waals surface area contributed by atoms with E-state index >= 15 is 0 Å². The highest BCUT2D eigenvalue weighted by molar-refractivity contribution is 5.81. The van der Waals surface area contributed by atoms with E-state index in [-0.39, 0.29) is 0 Å². The SMILES string of the molecule is CCCC(C)C(Cc1ccnc2ccccc12)NN. The van der Waals surface area contributed by atoms with E-state index in [1.807, 2.05) is 12.3 Å². The van der Waals surface area contributed by atoms with E-state index in [9.17, 15) is 0 Å². The lowest BCUT2D eigenvalue weighted by Gasteiger charge is -2.23. The molecule has 0 radical (unpaired) electrons. The number of hydrazine groups is 1. The topological polar surface area (TPSA) is 50.9 Å². The Hall–Kier alpha value is -1.45. The molecule has 0 saturated heterocycles. The minimum absolute atomic E-state index is 0.311. The van der Waals surface area contributed by atoms with Crippen molar-refractivity contribution in [2.75, 3.05) is 0 Å². The Morgan fingerprint density at radius 1 is 1.26 bits per heavy atom. The van der Waals surface area contributed by atoms with Crippen LogP contribution in [0.25, 0.3) is 10.9 Å². The van der Waals surface area contributed by atoms with Gasteiger partial charge in [0.05, 0.1) is 5.52 Å². The van der Waals surface area contributed by atoms with Crippen molar-refractivity contribution in [3.05, 3.63) is 42.1 Å². The van der Waals surface area contributed by atoms with Gasteiger partial charge in [-0.25, -0.2) is 0 Å². The van der Waals surface area contributed by atoms with Crippen LogP contribution >= 0.6 is 0 Å². The van der Waals surface area contributed by atoms with E-state index in [0.29, 0.717) is 12.0 Å². The lowest BCUT2D eigenvalue weighted by Crippen LogP contribution is -2.41. The highest BCUT2D eigenvalue weighted by atomic mass is 15.2. The molecule has 2 atom stereocenters. The summed E-state index contributed by atoms with van der Waals surface area (Å²) in [4.78, 5) is 4.40. The zero-order valence-electron chi connectivity index (χ0n) is 11.8. The summed E-state index contributed by atoms with van der Waals surface area (Å²) in [6.07, 6.45) is 5.21. The maximum atomic E-state index is 5.73. The molecule has 2 unspecified atom stereocenters. The van der Waals surface area contributed by atoms with Crippen LogP contribution in [-0.4, -0.2) is 11.0 Å². The molecule has 0 spiro atoms. The summed E-state index contributed by atoms with van der Waals surface area (Å²) < 4.78 is 0. The van der Waals surface area contributed by atoms with E-state index in [1.165, 1.54) is 23.8 Å². The fourth-order valence-corrected chi connectivity index (χ4v) is 2.65. The zero-order chi connectivity index (χ0) is 13.7. The maximum Gasteiger partial charge on any atom is 0.0704 e. The van der Waals surface area contributed by atoms with Crippen molar-refractivity contribution in [2.24, 2.45) is 11.8 Å². The molecule has 2 aromatic rings. The number of hydrogen-bond donors (Lipinski definition) is 2. The molecule has 1 aromatic carbocycles. The fourth-order valence-electron chi connectivity index (χ4n) is 2.65. The molecule has 0 fully saturated rings. The number of aromatic nitrogens is 1. The molecule has 0 aliphatic rings. The maximum absolute atomic E-state index is 5.73. The van der Waals surface area contributed by atoms with Crippen molar-refractivity contribution in [2.45, 2.75) is 39.2 Å². The van der Waals surface area contributed by atoms with Gasteiger partial charge >= 0.3 is 0 Å². The highest BCUT2D eigenvalue weighted by Gasteiger charge is 2.16. The van der Waals surface area contributed by atoms with E-state index in [1.54, 1.807) is 0 Å². The Morgan fingerprint density at radius 2 is 2.05 bits per heavy atom. The first-order valence-corrected chi connectivity index (χ1v) is 7.05. The standard InChI is InChI=1S/C16H23N3/c1-3-6-12(2)16(19-17)11-13-9-10-18-15-8-5-4-7-14(13)15/h4-5,7-10,12,16,19H,3,6,11,17H2,1-2H3. The first-order chi connectivity index (χ1) is 9.26. The van der Waals surface area contributed by atoms with Crippen LogP contribution in [0.15, 0.2) is 36.5 Å². The number of nitrogens with two attached hydrogens (primary N) is 1. The second kappa shape index (κ2) is 6.64. The summed E-state index contributed by atoms with van der Waals surface area (Å²) in [5, 5.41) is 1.23. The molecule has 3 heteroatoms. The lowest BCUT2D eigenvalue weighted by molar-refractivity contribution is 0.357. The van der Waals surface area contributed by atoms with E-state index in [0.717, 1.165) is 11.9 Å². The third kappa shape index (κ3) is 3.31. The summed E-state index contributed by atoms with van der Waals surface area (Å²) in [7, 11) is 0. The van der Waals surface area contributed by atoms with Crippen LogP contribution in [0, 0.1) is 5.92 Å². The quantitative estimate of drug-likeness (QED) is 0.617. The molecule has 1 heterocycles. The zero-order valence-corrected chi connectivity index (χ0v) is 11.8. The Kier molecular flexibility index (Phi) is 4.88. The molecule has 1 aromatic heterocycles. The summed E-state index contributed by atoms with van der Waals surface area (Å²) >= 11 is 0. The highest BCUT2D eigenvalue weighted by Crippen LogP contribution is 2.21. The molecule has 3 nitrogen and oxygen atoms in total. The molecule has 3 N–H and O–H groups in total. The third-order valence-corrected chi connectivity index (χ3v) is 3.82. The second-order valence-electron chi connectivity index (χ2n) is 5.23. The number of rotatable bonds is 6. The van der Waals surface area contributed by atoms with Crippen LogP contribution in [-0.2, 0) is 6.42 Å². The van der Waals surface area contributed by atoms with Crippen molar-refractivity contribution < 1.29 is 0 Å². The monoisotopic (exact) mass is 257 g/mol. The van der Waals surface area contributed by atoms with Gasteiger partial charge in [0.2, 0.25) is 0 Å². The smallest absolute Gasteiger partial charge is 0.0704 e. The molecule has 0 aliphatic carbocycles. The minimum Gasteiger partial charge on any atom is -0.271 e. The van der Waals surface area contributed by atoms with Gasteiger partial charge in [-0.2, -0.15) is 0 Å². The van der Waals surface area contributed by atoms with E-state index in [2.05, 4.69) is 48.5 Å². The normalized spacial score (nSPS) is 14.5. The third-order valence-electron chi connectivity index (χ3n) is 3.82. The largest absolute Gasteiger partial charge is 0.271 e. The number of benzene rings is 1. The summed E-state index contributed by atoms with van der Waals surface area (Å²) in [5.74, 6) is 6.30. The molecule has 2 rings (SSSR count). The van der Waals surface area contributed by atoms with Crippen molar-refractivity contribution in [1.82, 2.24) is 10.4 Å². The molecular formula is C16H23N3. The Labute approximate surface area is 115 Å². The number of fused-ring (bicyclic) bond motifs is 1. The van der Waals surface area contributed by atoms with Crippen molar-refractivity contribution in [3.63, 3.8) is 0 Å². The van der Waals surface area contributed by atoms with Crippen LogP contribution in [0.2, 0.25) is 0 Å². The number of nitrogens with zero attached hydrogens (tertiary/aromatic N) is 1. The average Bonchev–Trinajstić information content (AvgIpc) is 2.45. The van der Waals surface area contributed by atoms with Gasteiger partial charge in [0.15, 0.2) is 0 Å². The Balaban J connectivity index is 2.24. The lowest BCUT2D eigenvalue weighted by atomic mass is 9.91. The predicted molar refractivity (Wildman–Crippen MR) is 80.6 cm³/mol. The first-order valence-electron chi connectivity index (χ1n) is 7.05. The van der Waals surface area contributed by atoms with Crippen molar-refractivity contribution in [1.29, 1.82) is 0 Å². The molecular weight excluding hydrogens is 234 g/mol. The predicted octanol–water partition coefficient (Wildman–Crippen LogP) is 3.05. The molecule has 19 heavy (non-hydrogen) atoms. The van der Waals surface area contributed by atoms with Gasteiger partial charge in [0.25, 0.3) is 0 Å². The Morgan fingerprint density at radius 3 is 2.79 bits per heavy atom. The van der Waals surface area contributed by atoms with Crippen molar-refractivity contribution >= 4 is 10.9 Å². The van der Waals surface area contributed by atoms with Crippen LogP contribution in [0.1, 0.15) is 32.3 Å². The molecule has 102 valence electrons. The molecule has 0 aliphatic heterocycles. The molecule has 0 amide bonds.